The van der Waals surface area contributed by atoms with E-state index in [4.69, 9.17) is 24.7 Å². The molecule has 0 saturated carbocycles. The first-order valence-electron chi connectivity index (χ1n) is 23.9. The molecule has 0 fully saturated rings. The van der Waals surface area contributed by atoms with Crippen molar-refractivity contribution in [3.8, 4) is 33.4 Å². The van der Waals surface area contributed by atoms with E-state index in [2.05, 4.69) is 0 Å². The van der Waals surface area contributed by atoms with E-state index in [0.29, 0.717) is 0 Å². The molecule has 8 aromatic carbocycles. The summed E-state index contributed by atoms with van der Waals surface area (Å²) >= 11 is 0. The lowest BCUT2D eigenvalue weighted by Gasteiger charge is -2.19. The van der Waals surface area contributed by atoms with Gasteiger partial charge in [0.2, 0.25) is 0 Å². The maximum Gasteiger partial charge on any atom is 0.0636 e. The summed E-state index contributed by atoms with van der Waals surface area (Å²) in [7, 11) is 0. The highest BCUT2D eigenvalue weighted by molar-refractivity contribution is 6.25. The van der Waals surface area contributed by atoms with Crippen molar-refractivity contribution >= 4 is 43.1 Å². The Labute approximate surface area is 267 Å². The minimum atomic E-state index is -0.951. The summed E-state index contributed by atoms with van der Waals surface area (Å²) in [5.74, 6) is 0. The lowest BCUT2D eigenvalue weighted by molar-refractivity contribution is 1.61. The van der Waals surface area contributed by atoms with Crippen LogP contribution in [0.15, 0.2) is 157 Å². The van der Waals surface area contributed by atoms with Crippen LogP contribution in [0.2, 0.25) is 0 Å². The molecule has 0 bridgehead atoms. The van der Waals surface area contributed by atoms with Crippen LogP contribution in [0, 0.1) is 0 Å². The largest absolute Gasteiger partial charge is 0.0636 e. The van der Waals surface area contributed by atoms with Crippen LogP contribution in [-0.4, -0.2) is 0 Å². The van der Waals surface area contributed by atoms with Gasteiger partial charge in [0.15, 0.2) is 0 Å². The lowest BCUT2D eigenvalue weighted by atomic mass is 9.83. The van der Waals surface area contributed by atoms with E-state index in [1.807, 2.05) is 0 Å². The fourth-order valence-electron chi connectivity index (χ4n) is 4.86. The van der Waals surface area contributed by atoms with E-state index < -0.39 is 205 Å². The van der Waals surface area contributed by atoms with Crippen molar-refractivity contribution in [3.05, 3.63) is 157 Å². The van der Waals surface area contributed by atoms with Gasteiger partial charge >= 0.3 is 0 Å². The highest BCUT2D eigenvalue weighted by Crippen LogP contribution is 2.46. The summed E-state index contributed by atoms with van der Waals surface area (Å²) < 4.78 is 212. The molecule has 0 saturated heterocycles. The van der Waals surface area contributed by atoms with Crippen molar-refractivity contribution in [2.45, 2.75) is 0 Å². The molecule has 0 aliphatic rings. The minimum Gasteiger partial charge on any atom is -0.0622 e. The molecule has 186 valence electrons. The van der Waals surface area contributed by atoms with Crippen LogP contribution in [0.25, 0.3) is 76.5 Å². The predicted octanol–water partition coefficient (Wildman–Crippen LogP) is 11.3. The zero-order valence-electron chi connectivity index (χ0n) is 44.2. The second-order valence-electron chi connectivity index (χ2n) is 8.65. The van der Waals surface area contributed by atoms with E-state index in [0.717, 1.165) is 12.1 Å². The number of hydrogen-bond donors (Lipinski definition) is 0. The van der Waals surface area contributed by atoms with Crippen LogP contribution in [0.3, 0.4) is 0 Å². The molecule has 0 heteroatoms. The fourth-order valence-corrected chi connectivity index (χ4v) is 4.86. The normalized spacial score (nSPS) is 19.9. The van der Waals surface area contributed by atoms with Gasteiger partial charge in [0.25, 0.3) is 0 Å². The van der Waals surface area contributed by atoms with Crippen molar-refractivity contribution in [1.29, 1.82) is 0 Å². The maximum absolute atomic E-state index is 9.69. The molecule has 40 heavy (non-hydrogen) atoms. The Hall–Kier alpha value is -5.20. The third kappa shape index (κ3) is 3.54. The lowest BCUT2D eigenvalue weighted by Crippen LogP contribution is -1.92. The number of fused-ring (bicyclic) bond motifs is 5. The van der Waals surface area contributed by atoms with Crippen LogP contribution in [-0.2, 0) is 0 Å². The summed E-state index contributed by atoms with van der Waals surface area (Å²) in [5.41, 5.74) is -3.56. The van der Waals surface area contributed by atoms with Gasteiger partial charge in [-0.1, -0.05) is 151 Å². The standard InChI is InChI=1S/C40H26/c1-2-12-27(13-3-1)28-22-24-29(25-23-28)39-34-18-8-10-20-36(34)40(37-21-11-9-19-35(37)39)38-26-30-14-4-5-15-31(30)32-16-6-7-17-33(32)38/h1-26H/i1D,2D,3D,4D,5D,6D,7D,8D,9D,10D,11D,12D,13D,14D,15D,16D,18D,20D,21D,22D,23D,24D,25D,26D. The van der Waals surface area contributed by atoms with Gasteiger partial charge in [-0.05, 0) is 82.5 Å². The summed E-state index contributed by atoms with van der Waals surface area (Å²) in [6.07, 6.45) is 0. The van der Waals surface area contributed by atoms with E-state index in [9.17, 15) is 8.22 Å². The molecule has 0 unspecified atom stereocenters. The molecule has 0 aliphatic heterocycles. The summed E-state index contributed by atoms with van der Waals surface area (Å²) in [5, 5.41) is -3.59. The van der Waals surface area contributed by atoms with Gasteiger partial charge in [-0.2, -0.15) is 0 Å². The van der Waals surface area contributed by atoms with Gasteiger partial charge in [-0.15, -0.1) is 0 Å². The van der Waals surface area contributed by atoms with Crippen LogP contribution < -0.4 is 0 Å². The van der Waals surface area contributed by atoms with Gasteiger partial charge in [-0.3, -0.25) is 0 Å². The number of benzene rings is 8. The first kappa shape index (κ1) is 9.18. The first-order valence-corrected chi connectivity index (χ1v) is 11.9. The molecule has 0 radical (unpaired) electrons. The number of rotatable bonds is 3. The Balaban J connectivity index is 1.72. The zero-order chi connectivity index (χ0) is 47.4. The van der Waals surface area contributed by atoms with E-state index in [1.54, 1.807) is 0 Å². The molecule has 0 spiro atoms. The quantitative estimate of drug-likeness (QED) is 0.157. The molecular formula is C40H26. The van der Waals surface area contributed by atoms with Gasteiger partial charge in [0.05, 0.1) is 32.9 Å². The maximum atomic E-state index is 9.69. The zero-order valence-corrected chi connectivity index (χ0v) is 20.2. The van der Waals surface area contributed by atoms with E-state index in [1.165, 1.54) is 0 Å². The van der Waals surface area contributed by atoms with Gasteiger partial charge in [0, 0.05) is 0 Å². The Morgan fingerprint density at radius 2 is 0.825 bits per heavy atom. The molecular weight excluding hydrogens is 480 g/mol. The van der Waals surface area contributed by atoms with Gasteiger partial charge < -0.3 is 0 Å². The Kier molecular flexibility index (Phi) is 2.12. The van der Waals surface area contributed by atoms with Crippen LogP contribution in [0.4, 0.5) is 0 Å². The molecule has 0 aromatic heterocycles. The summed E-state index contributed by atoms with van der Waals surface area (Å²) in [6, 6.07) is -17.6. The van der Waals surface area contributed by atoms with Crippen molar-refractivity contribution in [2.75, 3.05) is 0 Å². The number of hydrogen-bond acceptors (Lipinski definition) is 0. The third-order valence-electron chi connectivity index (χ3n) is 6.53. The second kappa shape index (κ2) is 9.22. The third-order valence-corrected chi connectivity index (χ3v) is 6.53. The average Bonchev–Trinajstić information content (AvgIpc) is 3.25. The van der Waals surface area contributed by atoms with Crippen molar-refractivity contribution in [2.24, 2.45) is 0 Å². The molecule has 8 rings (SSSR count). The molecule has 8 aromatic rings. The van der Waals surface area contributed by atoms with Crippen molar-refractivity contribution in [3.63, 3.8) is 0 Å². The first-order chi connectivity index (χ1) is 29.8. The molecule has 0 aliphatic carbocycles. The topological polar surface area (TPSA) is 0 Å². The minimum absolute atomic E-state index is 0.301. The smallest absolute Gasteiger partial charge is 0.0622 e. The Morgan fingerprint density at radius 1 is 0.325 bits per heavy atom. The average molecular weight is 531 g/mol. The molecule has 0 atom stereocenters. The second-order valence-corrected chi connectivity index (χ2v) is 8.65. The van der Waals surface area contributed by atoms with Gasteiger partial charge in [-0.25, -0.2) is 0 Å². The molecule has 0 nitrogen and oxygen atoms in total. The van der Waals surface area contributed by atoms with E-state index in [-0.39, 0.29) is 16.2 Å². The van der Waals surface area contributed by atoms with Crippen molar-refractivity contribution < 1.29 is 32.9 Å². The Morgan fingerprint density at radius 3 is 1.57 bits per heavy atom. The summed E-state index contributed by atoms with van der Waals surface area (Å²) in [6.45, 7) is 0. The van der Waals surface area contributed by atoms with Crippen molar-refractivity contribution in [1.82, 2.24) is 0 Å². The molecule has 0 amide bonds. The van der Waals surface area contributed by atoms with Crippen LogP contribution in [0.1, 0.15) is 32.9 Å². The molecule has 0 N–H and O–H groups in total. The van der Waals surface area contributed by atoms with Crippen LogP contribution >= 0.6 is 0 Å². The monoisotopic (exact) mass is 530 g/mol. The Bertz CT molecular complexity index is 3480. The highest BCUT2D eigenvalue weighted by atomic mass is 14.2. The van der Waals surface area contributed by atoms with Crippen LogP contribution in [0.5, 0.6) is 0 Å². The highest BCUT2D eigenvalue weighted by Gasteiger charge is 2.18. The van der Waals surface area contributed by atoms with E-state index >= 15 is 0 Å². The molecule has 0 heterocycles. The summed E-state index contributed by atoms with van der Waals surface area (Å²) in [4.78, 5) is 0. The van der Waals surface area contributed by atoms with Gasteiger partial charge in [0.1, 0.15) is 0 Å². The predicted molar refractivity (Wildman–Crippen MR) is 173 cm³/mol. The SMILES string of the molecule is [2H]c1cc2c(-c3c([2H])c([2H])c(-c4c([2H])c([2H])c([2H])c([2H])c4[2H])c([2H])c3[2H])c3c([2H])c([2H])c([2H])c([2H])c3c(-c3c([2H])c4c([2H])c([2H])c([2H])c([2H])c4c4c([2H])c([2H])c([2H])cc34)c2c([2H])c1[2H]. The fraction of sp³-hybridized carbons (Fsp3) is 0.